The monoisotopic (exact) mass is 266 g/mol. The smallest absolute Gasteiger partial charge is 0.376 e. The van der Waals surface area contributed by atoms with Crippen LogP contribution in [0.15, 0.2) is 18.2 Å². The van der Waals surface area contributed by atoms with Gasteiger partial charge in [-0.2, -0.15) is 0 Å². The summed E-state index contributed by atoms with van der Waals surface area (Å²) in [4.78, 5) is 21.4. The van der Waals surface area contributed by atoms with Crippen molar-refractivity contribution in [2.45, 2.75) is 0 Å². The summed E-state index contributed by atoms with van der Waals surface area (Å²) in [6.07, 6.45) is 2.32. The number of hydrogen-bond acceptors (Lipinski definition) is 5. The predicted octanol–water partition coefficient (Wildman–Crippen LogP) is 1.38. The summed E-state index contributed by atoms with van der Waals surface area (Å²) in [5.74, 6) is -1.25. The molecule has 0 spiro atoms. The van der Waals surface area contributed by atoms with Crippen LogP contribution in [0.25, 0.3) is 6.08 Å². The van der Waals surface area contributed by atoms with Crippen molar-refractivity contribution in [3.63, 3.8) is 0 Å². The van der Waals surface area contributed by atoms with Crippen LogP contribution in [0.5, 0.6) is 17.2 Å². The van der Waals surface area contributed by atoms with Crippen LogP contribution >= 0.6 is 0 Å². The van der Waals surface area contributed by atoms with E-state index in [0.717, 1.165) is 6.08 Å². The topological polar surface area (TPSA) is 82.1 Å². The van der Waals surface area contributed by atoms with E-state index in [1.807, 2.05) is 0 Å². The lowest BCUT2D eigenvalue weighted by Crippen LogP contribution is -2.08. The Morgan fingerprint density at radius 3 is 1.95 bits per heavy atom. The molecule has 0 aromatic heterocycles. The minimum Gasteiger partial charge on any atom is -0.493 e. The number of aliphatic carboxylic acids is 1. The third kappa shape index (κ3) is 3.48. The first kappa shape index (κ1) is 14.6. The lowest BCUT2D eigenvalue weighted by Gasteiger charge is -2.12. The summed E-state index contributed by atoms with van der Waals surface area (Å²) < 4.78 is 15.4. The van der Waals surface area contributed by atoms with Crippen molar-refractivity contribution in [1.82, 2.24) is 0 Å². The molecule has 0 saturated heterocycles. The molecule has 0 atom stereocenters. The van der Waals surface area contributed by atoms with E-state index in [0.29, 0.717) is 22.8 Å². The molecule has 0 aliphatic carbocycles. The first-order valence-electron chi connectivity index (χ1n) is 5.28. The van der Waals surface area contributed by atoms with Crippen LogP contribution in [0.4, 0.5) is 0 Å². The highest BCUT2D eigenvalue weighted by Gasteiger charge is 2.12. The van der Waals surface area contributed by atoms with Crippen LogP contribution in [-0.4, -0.2) is 38.2 Å². The average molecular weight is 266 g/mol. The Labute approximate surface area is 110 Å². The lowest BCUT2D eigenvalue weighted by atomic mass is 10.1. The minimum atomic E-state index is -1.51. The molecule has 6 nitrogen and oxygen atoms in total. The van der Waals surface area contributed by atoms with Crippen molar-refractivity contribution < 1.29 is 28.9 Å². The summed E-state index contributed by atoms with van der Waals surface area (Å²) in [7, 11) is 4.41. The largest absolute Gasteiger partial charge is 0.493 e. The zero-order valence-corrected chi connectivity index (χ0v) is 10.8. The Morgan fingerprint density at radius 2 is 1.58 bits per heavy atom. The summed E-state index contributed by atoms with van der Waals surface area (Å²) >= 11 is 0. The fraction of sp³-hybridized carbons (Fsp3) is 0.231. The molecule has 1 aromatic rings. The minimum absolute atomic E-state index is 0.421. The molecule has 0 unspecified atom stereocenters. The van der Waals surface area contributed by atoms with Crippen molar-refractivity contribution in [3.05, 3.63) is 23.8 Å². The van der Waals surface area contributed by atoms with Gasteiger partial charge in [-0.1, -0.05) is 6.08 Å². The average Bonchev–Trinajstić information content (AvgIpc) is 2.42. The Balaban J connectivity index is 3.16. The van der Waals surface area contributed by atoms with E-state index >= 15 is 0 Å². The van der Waals surface area contributed by atoms with Gasteiger partial charge >= 0.3 is 5.97 Å². The van der Waals surface area contributed by atoms with Crippen LogP contribution in [-0.2, 0) is 9.59 Å². The molecule has 6 heteroatoms. The number of carboxylic acid groups (broad SMARTS) is 1. The fourth-order valence-electron chi connectivity index (χ4n) is 1.44. The number of hydrogen-bond donors (Lipinski definition) is 1. The molecule has 0 fully saturated rings. The number of methoxy groups -OCH3 is 3. The molecule has 1 aromatic carbocycles. The lowest BCUT2D eigenvalue weighted by molar-refractivity contribution is -0.146. The SMILES string of the molecule is COc1cc(/C=C/C(=O)C(=O)O)cc(OC)c1OC. The summed E-state index contributed by atoms with van der Waals surface area (Å²) in [6, 6.07) is 3.21. The summed E-state index contributed by atoms with van der Waals surface area (Å²) in [5.41, 5.74) is 0.559. The van der Waals surface area contributed by atoms with Gasteiger partial charge in [0.15, 0.2) is 11.5 Å². The first-order chi connectivity index (χ1) is 9.03. The van der Waals surface area contributed by atoms with Gasteiger partial charge in [0.05, 0.1) is 21.3 Å². The fourth-order valence-corrected chi connectivity index (χ4v) is 1.44. The van der Waals surface area contributed by atoms with Crippen LogP contribution in [0.1, 0.15) is 5.56 Å². The van der Waals surface area contributed by atoms with E-state index in [1.54, 1.807) is 12.1 Å². The highest BCUT2D eigenvalue weighted by Crippen LogP contribution is 2.38. The number of carbonyl (C=O) groups excluding carboxylic acids is 1. The van der Waals surface area contributed by atoms with Crippen LogP contribution in [0, 0.1) is 0 Å². The Bertz CT molecular complexity index is 493. The zero-order valence-electron chi connectivity index (χ0n) is 10.8. The molecule has 0 saturated carbocycles. The van der Waals surface area contributed by atoms with Gasteiger partial charge in [-0.15, -0.1) is 0 Å². The second-order valence-corrected chi connectivity index (χ2v) is 3.46. The molecule has 0 aliphatic heterocycles. The predicted molar refractivity (Wildman–Crippen MR) is 67.8 cm³/mol. The third-order valence-corrected chi connectivity index (χ3v) is 2.33. The summed E-state index contributed by atoms with van der Waals surface area (Å²) in [6.45, 7) is 0. The Morgan fingerprint density at radius 1 is 1.05 bits per heavy atom. The molecule has 0 radical (unpaired) electrons. The molecular formula is C13H14O6. The Kier molecular flexibility index (Phi) is 4.93. The molecule has 0 heterocycles. The molecule has 0 bridgehead atoms. The number of benzene rings is 1. The third-order valence-electron chi connectivity index (χ3n) is 2.33. The quantitative estimate of drug-likeness (QED) is 0.618. The summed E-state index contributed by atoms with van der Waals surface area (Å²) in [5, 5.41) is 8.47. The van der Waals surface area contributed by atoms with Crippen molar-refractivity contribution in [2.24, 2.45) is 0 Å². The zero-order chi connectivity index (χ0) is 14.4. The second-order valence-electron chi connectivity index (χ2n) is 3.46. The highest BCUT2D eigenvalue weighted by molar-refractivity contribution is 6.38. The maximum absolute atomic E-state index is 11.0. The number of carbonyl (C=O) groups is 2. The van der Waals surface area contributed by atoms with Gasteiger partial charge < -0.3 is 19.3 Å². The highest BCUT2D eigenvalue weighted by atomic mass is 16.5. The van der Waals surface area contributed by atoms with Crippen molar-refractivity contribution in [2.75, 3.05) is 21.3 Å². The van der Waals surface area contributed by atoms with Crippen molar-refractivity contribution in [1.29, 1.82) is 0 Å². The molecule has 1 N–H and O–H groups in total. The second kappa shape index (κ2) is 6.44. The van der Waals surface area contributed by atoms with E-state index in [2.05, 4.69) is 0 Å². The van der Waals surface area contributed by atoms with Gasteiger partial charge in [-0.05, 0) is 23.8 Å². The molecule has 19 heavy (non-hydrogen) atoms. The molecule has 0 amide bonds. The maximum atomic E-state index is 11.0. The van der Waals surface area contributed by atoms with Crippen LogP contribution in [0.3, 0.4) is 0 Å². The van der Waals surface area contributed by atoms with Gasteiger partial charge in [0.25, 0.3) is 5.78 Å². The van der Waals surface area contributed by atoms with Crippen molar-refractivity contribution in [3.8, 4) is 17.2 Å². The molecule has 1 rings (SSSR count). The number of rotatable bonds is 6. The normalized spacial score (nSPS) is 10.3. The van der Waals surface area contributed by atoms with E-state index in [9.17, 15) is 9.59 Å². The van der Waals surface area contributed by atoms with Gasteiger partial charge in [-0.3, -0.25) is 4.79 Å². The number of carboxylic acids is 1. The first-order valence-corrected chi connectivity index (χ1v) is 5.28. The number of ketones is 1. The van der Waals surface area contributed by atoms with Gasteiger partial charge in [0.2, 0.25) is 5.75 Å². The Hall–Kier alpha value is -2.50. The van der Waals surface area contributed by atoms with E-state index in [4.69, 9.17) is 19.3 Å². The van der Waals surface area contributed by atoms with E-state index in [-0.39, 0.29) is 0 Å². The van der Waals surface area contributed by atoms with E-state index < -0.39 is 11.8 Å². The molecule has 0 aliphatic rings. The van der Waals surface area contributed by atoms with Gasteiger partial charge in [-0.25, -0.2) is 4.79 Å². The van der Waals surface area contributed by atoms with Gasteiger partial charge in [0.1, 0.15) is 0 Å². The standard InChI is InChI=1S/C13H14O6/c1-17-10-6-8(4-5-9(14)13(15)16)7-11(18-2)12(10)19-3/h4-7H,1-3H3,(H,15,16)/b5-4+. The van der Waals surface area contributed by atoms with Gasteiger partial charge in [0, 0.05) is 0 Å². The maximum Gasteiger partial charge on any atom is 0.376 e. The van der Waals surface area contributed by atoms with Crippen molar-refractivity contribution >= 4 is 17.8 Å². The van der Waals surface area contributed by atoms with E-state index in [1.165, 1.54) is 27.4 Å². The van der Waals surface area contributed by atoms with Crippen LogP contribution < -0.4 is 14.2 Å². The van der Waals surface area contributed by atoms with Crippen LogP contribution in [0.2, 0.25) is 0 Å². The molecular weight excluding hydrogens is 252 g/mol. The number of ether oxygens (including phenoxy) is 3. The molecule has 102 valence electrons.